The van der Waals surface area contributed by atoms with Crippen molar-refractivity contribution in [2.75, 3.05) is 32.8 Å². The molecule has 0 unspecified atom stereocenters. The van der Waals surface area contributed by atoms with E-state index in [-0.39, 0.29) is 24.2 Å². The number of benzene rings is 1. The third kappa shape index (κ3) is 6.12. The van der Waals surface area contributed by atoms with Crippen molar-refractivity contribution in [2.24, 2.45) is 5.92 Å². The van der Waals surface area contributed by atoms with Gasteiger partial charge in [-0.1, -0.05) is 5.16 Å². The van der Waals surface area contributed by atoms with Gasteiger partial charge in [0.2, 0.25) is 0 Å². The Balaban J connectivity index is 1.00. The Labute approximate surface area is 204 Å². The van der Waals surface area contributed by atoms with Crippen molar-refractivity contribution in [3.63, 3.8) is 0 Å². The van der Waals surface area contributed by atoms with Crippen LogP contribution in [-0.2, 0) is 9.47 Å². The van der Waals surface area contributed by atoms with Gasteiger partial charge in [0.15, 0.2) is 17.2 Å². The summed E-state index contributed by atoms with van der Waals surface area (Å²) in [5.41, 5.74) is 1.06. The summed E-state index contributed by atoms with van der Waals surface area (Å²) in [5.74, 6) is -0.871. The van der Waals surface area contributed by atoms with Crippen LogP contribution in [0, 0.1) is 17.6 Å². The van der Waals surface area contributed by atoms with Gasteiger partial charge in [0, 0.05) is 36.3 Å². The molecule has 1 N–H and O–H groups in total. The number of carbonyl (C=O) groups is 1. The Kier molecular flexibility index (Phi) is 7.82. The topological polar surface area (TPSA) is 76.8 Å². The lowest BCUT2D eigenvalue weighted by Crippen LogP contribution is -2.41. The van der Waals surface area contributed by atoms with E-state index in [2.05, 4.69) is 15.4 Å². The second-order valence-corrected chi connectivity index (χ2v) is 10.3. The number of amides is 1. The van der Waals surface area contributed by atoms with Crippen molar-refractivity contribution < 1.29 is 27.6 Å². The highest BCUT2D eigenvalue weighted by molar-refractivity contribution is 5.80. The summed E-state index contributed by atoms with van der Waals surface area (Å²) in [7, 11) is 0. The first-order chi connectivity index (χ1) is 17.0. The smallest absolute Gasteiger partial charge is 0.407 e. The van der Waals surface area contributed by atoms with Crippen LogP contribution >= 0.6 is 0 Å². The fourth-order valence-electron chi connectivity index (χ4n) is 5.78. The minimum absolute atomic E-state index is 0.0172. The Hall–Kier alpha value is -2.26. The summed E-state index contributed by atoms with van der Waals surface area (Å²) >= 11 is 0. The molecular formula is C26H35F2N3O4. The number of alkyl carbamates (subject to hydrolysis) is 1. The molecule has 1 aliphatic carbocycles. The number of carbonyl (C=O) groups excluding carboxylic acids is 1. The highest BCUT2D eigenvalue weighted by Gasteiger charge is 2.28. The van der Waals surface area contributed by atoms with Crippen LogP contribution in [0.5, 0.6) is 0 Å². The number of hydrogen-bond donors (Lipinski definition) is 1. The number of likely N-dealkylation sites (tertiary alicyclic amines) is 1. The summed E-state index contributed by atoms with van der Waals surface area (Å²) in [6, 6.07) is 2.50. The van der Waals surface area contributed by atoms with E-state index in [0.717, 1.165) is 82.8 Å². The number of halogens is 2. The Morgan fingerprint density at radius 3 is 2.49 bits per heavy atom. The molecule has 9 heteroatoms. The average molecular weight is 492 g/mol. The summed E-state index contributed by atoms with van der Waals surface area (Å²) in [6.45, 7) is 4.34. The molecule has 192 valence electrons. The van der Waals surface area contributed by atoms with Crippen molar-refractivity contribution in [3.05, 3.63) is 29.5 Å². The number of rotatable bonds is 6. The summed E-state index contributed by atoms with van der Waals surface area (Å²) in [5, 5.41) is 7.78. The number of nitrogens with zero attached hydrogens (tertiary/aromatic N) is 2. The van der Waals surface area contributed by atoms with Crippen molar-refractivity contribution in [2.45, 2.75) is 75.9 Å². The van der Waals surface area contributed by atoms with Crippen LogP contribution in [0.2, 0.25) is 0 Å². The average Bonchev–Trinajstić information content (AvgIpc) is 3.27. The Bertz CT molecular complexity index is 994. The standard InChI is InChI=1S/C26H35F2N3O4/c27-22-15-21-24(16-23(22)28)35-30-25(21)18-6-11-31(12-7-18)10-5-17-1-3-19(4-2-17)29-26(32)34-20-8-13-33-14-9-20/h15-20H,1-14H2,(H,29,32)/t17-,19-. The molecule has 0 spiro atoms. The third-order valence-electron chi connectivity index (χ3n) is 7.98. The second kappa shape index (κ2) is 11.2. The molecule has 3 aliphatic rings. The number of hydrogen-bond acceptors (Lipinski definition) is 6. The van der Waals surface area contributed by atoms with Gasteiger partial charge < -0.3 is 24.2 Å². The van der Waals surface area contributed by atoms with Crippen LogP contribution in [0.4, 0.5) is 13.6 Å². The van der Waals surface area contributed by atoms with Gasteiger partial charge >= 0.3 is 6.09 Å². The number of piperidine rings is 1. The Morgan fingerprint density at radius 1 is 1.03 bits per heavy atom. The molecule has 7 nitrogen and oxygen atoms in total. The molecular weight excluding hydrogens is 456 g/mol. The first kappa shape index (κ1) is 24.4. The van der Waals surface area contributed by atoms with Gasteiger partial charge in [0.25, 0.3) is 0 Å². The van der Waals surface area contributed by atoms with Crippen molar-refractivity contribution in [1.29, 1.82) is 0 Å². The lowest BCUT2D eigenvalue weighted by Gasteiger charge is -2.34. The molecule has 2 aromatic rings. The fraction of sp³-hybridized carbons (Fsp3) is 0.692. The zero-order valence-corrected chi connectivity index (χ0v) is 20.1. The van der Waals surface area contributed by atoms with Gasteiger partial charge in [0.1, 0.15) is 6.10 Å². The van der Waals surface area contributed by atoms with Crippen LogP contribution in [0.25, 0.3) is 11.0 Å². The van der Waals surface area contributed by atoms with Gasteiger partial charge in [0.05, 0.1) is 18.9 Å². The maximum Gasteiger partial charge on any atom is 0.407 e. The van der Waals surface area contributed by atoms with E-state index in [1.54, 1.807) is 0 Å². The van der Waals surface area contributed by atoms with Crippen LogP contribution in [-0.4, -0.2) is 61.1 Å². The van der Waals surface area contributed by atoms with E-state index >= 15 is 0 Å². The van der Waals surface area contributed by atoms with Crippen molar-refractivity contribution >= 4 is 17.1 Å². The van der Waals surface area contributed by atoms with Gasteiger partial charge in [-0.05, 0) is 76.6 Å². The summed E-state index contributed by atoms with van der Waals surface area (Å²) in [4.78, 5) is 14.7. The molecule has 1 aromatic heterocycles. The largest absolute Gasteiger partial charge is 0.446 e. The minimum atomic E-state index is -0.908. The summed E-state index contributed by atoms with van der Waals surface area (Å²) in [6.07, 6.45) is 8.58. The number of aromatic nitrogens is 1. The van der Waals surface area contributed by atoms with Crippen LogP contribution < -0.4 is 5.32 Å². The summed E-state index contributed by atoms with van der Waals surface area (Å²) < 4.78 is 43.3. The van der Waals surface area contributed by atoms with E-state index in [9.17, 15) is 13.6 Å². The van der Waals surface area contributed by atoms with Gasteiger partial charge in [-0.2, -0.15) is 0 Å². The fourth-order valence-corrected chi connectivity index (χ4v) is 5.78. The van der Waals surface area contributed by atoms with E-state index in [1.807, 2.05) is 0 Å². The zero-order valence-electron chi connectivity index (χ0n) is 20.1. The van der Waals surface area contributed by atoms with Crippen LogP contribution in [0.3, 0.4) is 0 Å². The molecule has 35 heavy (non-hydrogen) atoms. The number of ether oxygens (including phenoxy) is 2. The first-order valence-corrected chi connectivity index (χ1v) is 13.1. The molecule has 5 rings (SSSR count). The van der Waals surface area contributed by atoms with E-state index in [0.29, 0.717) is 30.1 Å². The lowest BCUT2D eigenvalue weighted by atomic mass is 9.84. The molecule has 1 amide bonds. The molecule has 0 radical (unpaired) electrons. The maximum absolute atomic E-state index is 13.7. The molecule has 1 aromatic carbocycles. The van der Waals surface area contributed by atoms with Crippen LogP contribution in [0.15, 0.2) is 16.7 Å². The van der Waals surface area contributed by atoms with E-state index in [1.165, 1.54) is 12.5 Å². The predicted octanol–water partition coefficient (Wildman–Crippen LogP) is 5.14. The van der Waals surface area contributed by atoms with Gasteiger partial charge in [-0.3, -0.25) is 0 Å². The molecule has 2 saturated heterocycles. The normalized spacial score (nSPS) is 25.1. The number of fused-ring (bicyclic) bond motifs is 1. The third-order valence-corrected chi connectivity index (χ3v) is 7.98. The van der Waals surface area contributed by atoms with Gasteiger partial charge in [-0.15, -0.1) is 0 Å². The molecule has 3 fully saturated rings. The lowest BCUT2D eigenvalue weighted by molar-refractivity contribution is 0.000269. The van der Waals surface area contributed by atoms with Crippen LogP contribution in [0.1, 0.15) is 69.4 Å². The van der Waals surface area contributed by atoms with E-state index in [4.69, 9.17) is 14.0 Å². The first-order valence-electron chi connectivity index (χ1n) is 13.1. The predicted molar refractivity (Wildman–Crippen MR) is 126 cm³/mol. The van der Waals surface area contributed by atoms with E-state index < -0.39 is 11.6 Å². The molecule has 3 heterocycles. The quantitative estimate of drug-likeness (QED) is 0.603. The van der Waals surface area contributed by atoms with Gasteiger partial charge in [-0.25, -0.2) is 13.6 Å². The minimum Gasteiger partial charge on any atom is -0.446 e. The number of nitrogens with one attached hydrogen (secondary N) is 1. The monoisotopic (exact) mass is 491 g/mol. The molecule has 2 aliphatic heterocycles. The second-order valence-electron chi connectivity index (χ2n) is 10.3. The van der Waals surface area contributed by atoms with Crippen molar-refractivity contribution in [3.8, 4) is 0 Å². The molecule has 0 bridgehead atoms. The zero-order chi connectivity index (χ0) is 24.2. The Morgan fingerprint density at radius 2 is 1.74 bits per heavy atom. The highest BCUT2D eigenvalue weighted by atomic mass is 19.2. The highest BCUT2D eigenvalue weighted by Crippen LogP contribution is 2.34. The molecule has 1 saturated carbocycles. The SMILES string of the molecule is O=C(N[C@H]1CC[C@H](CCN2CCC(c3noc4cc(F)c(F)cc34)CC2)CC1)OC1CCOCC1. The maximum atomic E-state index is 13.7. The van der Waals surface area contributed by atoms with Crippen molar-refractivity contribution in [1.82, 2.24) is 15.4 Å². The molecule has 0 atom stereocenters.